The molecular weight excluding hydrogens is 400 g/mol. The molecule has 0 radical (unpaired) electrons. The summed E-state index contributed by atoms with van der Waals surface area (Å²) in [7, 11) is 1.57. The summed E-state index contributed by atoms with van der Waals surface area (Å²) in [6.45, 7) is 6.99. The second kappa shape index (κ2) is 9.04. The van der Waals surface area contributed by atoms with Gasteiger partial charge in [-0.1, -0.05) is 45.0 Å². The Kier molecular flexibility index (Phi) is 6.47. The third-order valence-electron chi connectivity index (χ3n) is 4.46. The van der Waals surface area contributed by atoms with Crippen molar-refractivity contribution in [3.63, 3.8) is 0 Å². The number of nitrogens with zero attached hydrogens (tertiary/aromatic N) is 3. The Hall–Kier alpha value is -3.26. The van der Waals surface area contributed by atoms with E-state index in [1.807, 2.05) is 6.07 Å². The number of aromatic amines is 1. The number of hydrogen-bond donors (Lipinski definition) is 1. The second-order valence-corrected chi connectivity index (χ2v) is 8.10. The van der Waals surface area contributed by atoms with Gasteiger partial charge < -0.3 is 9.47 Å². The lowest BCUT2D eigenvalue weighted by atomic mass is 9.87. The smallest absolute Gasteiger partial charge is 0.293 e. The standard InChI is InChI=1S/C22H24N4O3S/c1-22(2,3)17-8-5-15(6-9-17)14-29-18-10-7-16(11-19(18)28-4)12-24-26-20(27)13-23-25-21(26)30/h5-13H,14H2,1-4H3,(H,25,30)/b24-12+. The molecule has 3 aromatic rings. The molecule has 0 saturated heterocycles. The molecule has 0 aliphatic carbocycles. The molecule has 156 valence electrons. The maximum atomic E-state index is 11.8. The largest absolute Gasteiger partial charge is 0.493 e. The maximum Gasteiger partial charge on any atom is 0.293 e. The van der Waals surface area contributed by atoms with E-state index in [-0.39, 0.29) is 10.2 Å². The van der Waals surface area contributed by atoms with Crippen molar-refractivity contribution in [2.24, 2.45) is 5.10 Å². The van der Waals surface area contributed by atoms with Crippen molar-refractivity contribution < 1.29 is 9.47 Å². The van der Waals surface area contributed by atoms with Crippen LogP contribution in [0.4, 0.5) is 0 Å². The molecule has 0 unspecified atom stereocenters. The van der Waals surface area contributed by atoms with E-state index in [1.165, 1.54) is 11.8 Å². The summed E-state index contributed by atoms with van der Waals surface area (Å²) in [6.07, 6.45) is 2.63. The van der Waals surface area contributed by atoms with Crippen molar-refractivity contribution in [2.45, 2.75) is 32.8 Å². The lowest BCUT2D eigenvalue weighted by Crippen LogP contribution is -2.18. The molecule has 3 rings (SSSR count). The van der Waals surface area contributed by atoms with E-state index in [9.17, 15) is 4.79 Å². The van der Waals surface area contributed by atoms with Gasteiger partial charge in [0, 0.05) is 0 Å². The van der Waals surface area contributed by atoms with Gasteiger partial charge in [-0.05, 0) is 52.5 Å². The van der Waals surface area contributed by atoms with Crippen LogP contribution >= 0.6 is 12.2 Å². The highest BCUT2D eigenvalue weighted by molar-refractivity contribution is 7.71. The molecule has 0 saturated carbocycles. The zero-order valence-electron chi connectivity index (χ0n) is 17.4. The Labute approximate surface area is 180 Å². The minimum atomic E-state index is -0.417. The van der Waals surface area contributed by atoms with Crippen LogP contribution in [0.5, 0.6) is 11.5 Å². The first kappa shape index (κ1) is 21.4. The van der Waals surface area contributed by atoms with Crippen LogP contribution in [-0.2, 0) is 12.0 Å². The summed E-state index contributed by atoms with van der Waals surface area (Å²) < 4.78 is 12.6. The number of methoxy groups -OCH3 is 1. The molecule has 0 spiro atoms. The summed E-state index contributed by atoms with van der Waals surface area (Å²) in [5, 5.41) is 10.3. The molecule has 0 fully saturated rings. The van der Waals surface area contributed by atoms with E-state index in [1.54, 1.807) is 19.2 Å². The van der Waals surface area contributed by atoms with Crippen molar-refractivity contribution in [3.8, 4) is 11.5 Å². The summed E-state index contributed by atoms with van der Waals surface area (Å²) in [5.41, 5.74) is 2.78. The first-order valence-corrected chi connectivity index (χ1v) is 9.80. The van der Waals surface area contributed by atoms with Crippen LogP contribution in [0.15, 0.2) is 58.6 Å². The predicted molar refractivity (Wildman–Crippen MR) is 119 cm³/mol. The lowest BCUT2D eigenvalue weighted by Gasteiger charge is -2.19. The highest BCUT2D eigenvalue weighted by atomic mass is 32.1. The Bertz CT molecular complexity index is 1130. The highest BCUT2D eigenvalue weighted by Gasteiger charge is 2.13. The number of aromatic nitrogens is 3. The number of H-pyrrole nitrogens is 1. The number of nitrogens with one attached hydrogen (secondary N) is 1. The number of hydrogen-bond acceptors (Lipinski definition) is 6. The van der Waals surface area contributed by atoms with Gasteiger partial charge in [-0.3, -0.25) is 9.89 Å². The topological polar surface area (TPSA) is 81.5 Å². The lowest BCUT2D eigenvalue weighted by molar-refractivity contribution is 0.284. The number of ether oxygens (including phenoxy) is 2. The number of benzene rings is 2. The van der Waals surface area contributed by atoms with Gasteiger partial charge >= 0.3 is 0 Å². The van der Waals surface area contributed by atoms with Crippen LogP contribution in [-0.4, -0.2) is 28.2 Å². The van der Waals surface area contributed by atoms with Crippen LogP contribution in [0.25, 0.3) is 0 Å². The average Bonchev–Trinajstić information content (AvgIpc) is 2.72. The van der Waals surface area contributed by atoms with Crippen LogP contribution in [0.3, 0.4) is 0 Å². The second-order valence-electron chi connectivity index (χ2n) is 7.72. The SMILES string of the molecule is COc1cc(/C=N/n2c(=O)cn[nH]c2=S)ccc1OCc1ccc(C(C)(C)C)cc1. The molecule has 0 aliphatic heterocycles. The minimum Gasteiger partial charge on any atom is -0.493 e. The molecule has 8 heteroatoms. The fraction of sp³-hybridized carbons (Fsp3) is 0.273. The molecule has 1 heterocycles. The minimum absolute atomic E-state index is 0.114. The van der Waals surface area contributed by atoms with Crippen molar-refractivity contribution in [1.29, 1.82) is 0 Å². The number of rotatable bonds is 6. The molecular formula is C22H24N4O3S. The highest BCUT2D eigenvalue weighted by Crippen LogP contribution is 2.29. The molecule has 1 N–H and O–H groups in total. The zero-order chi connectivity index (χ0) is 21.7. The van der Waals surface area contributed by atoms with Crippen LogP contribution in [0.1, 0.15) is 37.5 Å². The molecule has 2 aromatic carbocycles. The molecule has 0 amide bonds. The molecule has 30 heavy (non-hydrogen) atoms. The van der Waals surface area contributed by atoms with Crippen LogP contribution in [0.2, 0.25) is 0 Å². The van der Waals surface area contributed by atoms with Gasteiger partial charge in [0.2, 0.25) is 4.77 Å². The van der Waals surface area contributed by atoms with Gasteiger partial charge in [0.15, 0.2) is 11.5 Å². The van der Waals surface area contributed by atoms with Gasteiger partial charge in [-0.25, -0.2) is 0 Å². The predicted octanol–water partition coefficient (Wildman–Crippen LogP) is 4.07. The summed E-state index contributed by atoms with van der Waals surface area (Å²) in [5.74, 6) is 1.19. The van der Waals surface area contributed by atoms with Crippen molar-refractivity contribution >= 4 is 18.4 Å². The Morgan fingerprint density at radius 2 is 1.90 bits per heavy atom. The van der Waals surface area contributed by atoms with E-state index >= 15 is 0 Å². The Morgan fingerprint density at radius 3 is 2.53 bits per heavy atom. The van der Waals surface area contributed by atoms with Gasteiger partial charge in [0.1, 0.15) is 12.8 Å². The van der Waals surface area contributed by atoms with Crippen molar-refractivity contribution in [3.05, 3.63) is 80.5 Å². The molecule has 1 aromatic heterocycles. The quantitative estimate of drug-likeness (QED) is 0.477. The zero-order valence-corrected chi connectivity index (χ0v) is 18.2. The summed E-state index contributed by atoms with van der Waals surface area (Å²) in [4.78, 5) is 11.8. The summed E-state index contributed by atoms with van der Waals surface area (Å²) >= 11 is 5.02. The fourth-order valence-electron chi connectivity index (χ4n) is 2.72. The third-order valence-corrected chi connectivity index (χ3v) is 4.72. The monoisotopic (exact) mass is 424 g/mol. The van der Waals surface area contributed by atoms with Gasteiger partial charge in [0.05, 0.1) is 13.3 Å². The summed E-state index contributed by atoms with van der Waals surface area (Å²) in [6, 6.07) is 13.8. The van der Waals surface area contributed by atoms with Crippen LogP contribution in [0, 0.1) is 4.77 Å². The average molecular weight is 425 g/mol. The van der Waals surface area contributed by atoms with E-state index in [2.05, 4.69) is 60.3 Å². The van der Waals surface area contributed by atoms with Crippen molar-refractivity contribution in [2.75, 3.05) is 7.11 Å². The van der Waals surface area contributed by atoms with E-state index in [0.29, 0.717) is 18.1 Å². The van der Waals surface area contributed by atoms with Crippen LogP contribution < -0.4 is 15.0 Å². The van der Waals surface area contributed by atoms with Crippen molar-refractivity contribution in [1.82, 2.24) is 14.9 Å². The van der Waals surface area contributed by atoms with Gasteiger partial charge in [-0.15, -0.1) is 0 Å². The Morgan fingerprint density at radius 1 is 1.17 bits per heavy atom. The maximum absolute atomic E-state index is 11.8. The molecule has 0 bridgehead atoms. The first-order chi connectivity index (χ1) is 14.3. The van der Waals surface area contributed by atoms with Gasteiger partial charge in [0.25, 0.3) is 5.56 Å². The van der Waals surface area contributed by atoms with E-state index in [0.717, 1.165) is 22.0 Å². The fourth-order valence-corrected chi connectivity index (χ4v) is 2.91. The normalized spacial score (nSPS) is 11.6. The molecule has 0 aliphatic rings. The van der Waals surface area contributed by atoms with E-state index < -0.39 is 5.56 Å². The van der Waals surface area contributed by atoms with Gasteiger partial charge in [-0.2, -0.15) is 14.9 Å². The Balaban J connectivity index is 1.74. The first-order valence-electron chi connectivity index (χ1n) is 9.39. The van der Waals surface area contributed by atoms with E-state index in [4.69, 9.17) is 21.7 Å². The molecule has 0 atom stereocenters. The third kappa shape index (κ3) is 5.21. The molecule has 7 nitrogen and oxygen atoms in total.